The fraction of sp³-hybridized carbons (Fsp3) is 0.333. The first-order valence-corrected chi connectivity index (χ1v) is 8.88. The maximum Gasteiger partial charge on any atom is 0.234 e. The zero-order valence-electron chi connectivity index (χ0n) is 14.8. The average molecular weight is 359 g/mol. The number of carbonyl (C=O) groups is 2. The van der Waals surface area contributed by atoms with Gasteiger partial charge in [0.15, 0.2) is 5.78 Å². The van der Waals surface area contributed by atoms with Crippen LogP contribution in [-0.4, -0.2) is 34.5 Å². The molecular formula is C18H21N3O3S. The molecule has 1 aromatic heterocycles. The molecular weight excluding hydrogens is 338 g/mol. The molecule has 132 valence electrons. The van der Waals surface area contributed by atoms with E-state index in [1.54, 1.807) is 38.3 Å². The molecule has 0 aliphatic heterocycles. The highest BCUT2D eigenvalue weighted by atomic mass is 32.2. The predicted molar refractivity (Wildman–Crippen MR) is 98.5 cm³/mol. The number of hydrogen-bond acceptors (Lipinski definition) is 6. The van der Waals surface area contributed by atoms with Gasteiger partial charge in [-0.15, -0.1) is 0 Å². The molecule has 0 saturated carbocycles. The van der Waals surface area contributed by atoms with Crippen molar-refractivity contribution in [1.82, 2.24) is 9.97 Å². The summed E-state index contributed by atoms with van der Waals surface area (Å²) in [6.07, 6.45) is 0.669. The molecule has 1 amide bonds. The fourth-order valence-electron chi connectivity index (χ4n) is 2.30. The third-order valence-electron chi connectivity index (χ3n) is 3.46. The largest absolute Gasteiger partial charge is 0.497 e. The van der Waals surface area contributed by atoms with Crippen LogP contribution in [0.5, 0.6) is 5.75 Å². The topological polar surface area (TPSA) is 81.2 Å². The average Bonchev–Trinajstić information content (AvgIpc) is 2.59. The van der Waals surface area contributed by atoms with Gasteiger partial charge in [0.1, 0.15) is 16.6 Å². The number of rotatable bonds is 7. The van der Waals surface area contributed by atoms with Crippen LogP contribution >= 0.6 is 11.8 Å². The summed E-state index contributed by atoms with van der Waals surface area (Å²) in [5.74, 6) is 1.20. The van der Waals surface area contributed by atoms with Gasteiger partial charge in [-0.3, -0.25) is 9.59 Å². The standard InChI is InChI=1S/C18H21N3O3S/c1-5-15-19-11(2)17(12(3)22)18(21-15)25-10-16(23)20-13-7-6-8-14(9-13)24-4/h6-9H,5,10H2,1-4H3,(H,20,23). The minimum absolute atomic E-state index is 0.101. The lowest BCUT2D eigenvalue weighted by molar-refractivity contribution is -0.113. The Morgan fingerprint density at radius 2 is 2.04 bits per heavy atom. The first-order chi connectivity index (χ1) is 11.9. The normalized spacial score (nSPS) is 10.4. The molecule has 0 bridgehead atoms. The number of benzene rings is 1. The Bertz CT molecular complexity index is 793. The number of nitrogens with zero attached hydrogens (tertiary/aromatic N) is 2. The lowest BCUT2D eigenvalue weighted by Crippen LogP contribution is -2.15. The molecule has 0 spiro atoms. The van der Waals surface area contributed by atoms with E-state index in [9.17, 15) is 9.59 Å². The monoisotopic (exact) mass is 359 g/mol. The number of aryl methyl sites for hydroxylation is 2. The van der Waals surface area contributed by atoms with Crippen LogP contribution in [-0.2, 0) is 11.2 Å². The number of Topliss-reactive ketones (excluding diaryl/α,β-unsaturated/α-hetero) is 1. The molecule has 0 atom stereocenters. The SMILES string of the molecule is CCc1nc(C)c(C(C)=O)c(SCC(=O)Nc2cccc(OC)c2)n1. The minimum atomic E-state index is -0.179. The second-order valence-corrected chi connectivity index (χ2v) is 6.35. The van der Waals surface area contributed by atoms with Gasteiger partial charge in [-0.2, -0.15) is 0 Å². The second kappa shape index (κ2) is 8.62. The van der Waals surface area contributed by atoms with E-state index in [-0.39, 0.29) is 17.4 Å². The molecule has 1 N–H and O–H groups in total. The molecule has 2 rings (SSSR count). The van der Waals surface area contributed by atoms with Crippen LogP contribution in [0.2, 0.25) is 0 Å². The summed E-state index contributed by atoms with van der Waals surface area (Å²) in [5.41, 5.74) is 1.79. The van der Waals surface area contributed by atoms with Gasteiger partial charge in [0.05, 0.1) is 24.1 Å². The maximum absolute atomic E-state index is 12.2. The molecule has 1 heterocycles. The zero-order chi connectivity index (χ0) is 18.4. The van der Waals surface area contributed by atoms with Gasteiger partial charge < -0.3 is 10.1 Å². The number of anilines is 1. The van der Waals surface area contributed by atoms with Crippen LogP contribution in [0.4, 0.5) is 5.69 Å². The summed E-state index contributed by atoms with van der Waals surface area (Å²) in [5, 5.41) is 3.36. The molecule has 25 heavy (non-hydrogen) atoms. The number of ketones is 1. The van der Waals surface area contributed by atoms with Gasteiger partial charge >= 0.3 is 0 Å². The Labute approximate surface area is 151 Å². The maximum atomic E-state index is 12.2. The summed E-state index contributed by atoms with van der Waals surface area (Å²) in [4.78, 5) is 32.8. The van der Waals surface area contributed by atoms with Crippen LogP contribution in [0, 0.1) is 6.92 Å². The first-order valence-electron chi connectivity index (χ1n) is 7.89. The Hall–Kier alpha value is -2.41. The smallest absolute Gasteiger partial charge is 0.234 e. The van der Waals surface area contributed by atoms with Gasteiger partial charge in [0, 0.05) is 18.2 Å². The van der Waals surface area contributed by atoms with Crippen molar-refractivity contribution in [2.24, 2.45) is 0 Å². The van der Waals surface area contributed by atoms with Crippen molar-refractivity contribution in [3.05, 3.63) is 41.3 Å². The number of hydrogen-bond donors (Lipinski definition) is 1. The summed E-state index contributed by atoms with van der Waals surface area (Å²) in [6, 6.07) is 7.14. The van der Waals surface area contributed by atoms with Crippen molar-refractivity contribution in [1.29, 1.82) is 0 Å². The lowest BCUT2D eigenvalue weighted by Gasteiger charge is -2.11. The van der Waals surface area contributed by atoms with Gasteiger partial charge in [0.25, 0.3) is 0 Å². The number of ether oxygens (including phenoxy) is 1. The molecule has 0 aliphatic rings. The van der Waals surface area contributed by atoms with Crippen LogP contribution in [0.3, 0.4) is 0 Å². The predicted octanol–water partition coefficient (Wildman–Crippen LogP) is 3.29. The van der Waals surface area contributed by atoms with Gasteiger partial charge in [-0.1, -0.05) is 24.8 Å². The van der Waals surface area contributed by atoms with Gasteiger partial charge in [0.2, 0.25) is 5.91 Å². The highest BCUT2D eigenvalue weighted by Gasteiger charge is 2.17. The van der Waals surface area contributed by atoms with E-state index in [2.05, 4.69) is 15.3 Å². The van der Waals surface area contributed by atoms with Crippen molar-refractivity contribution in [3.8, 4) is 5.75 Å². The summed E-state index contributed by atoms with van der Waals surface area (Å²) in [6.45, 7) is 5.22. The Morgan fingerprint density at radius 1 is 1.28 bits per heavy atom. The number of thioether (sulfide) groups is 1. The third-order valence-corrected chi connectivity index (χ3v) is 4.44. The van der Waals surface area contributed by atoms with Crippen LogP contribution in [0.1, 0.15) is 35.7 Å². The number of nitrogens with one attached hydrogen (secondary N) is 1. The molecule has 2 aromatic rings. The molecule has 0 saturated heterocycles. The van der Waals surface area contributed by atoms with E-state index in [0.717, 1.165) is 0 Å². The number of aromatic nitrogens is 2. The Balaban J connectivity index is 2.10. The van der Waals surface area contributed by atoms with Crippen molar-refractivity contribution >= 4 is 29.1 Å². The molecule has 7 heteroatoms. The van der Waals surface area contributed by atoms with Gasteiger partial charge in [-0.25, -0.2) is 9.97 Å². The number of amides is 1. The summed E-state index contributed by atoms with van der Waals surface area (Å²) in [7, 11) is 1.57. The highest BCUT2D eigenvalue weighted by molar-refractivity contribution is 8.00. The van der Waals surface area contributed by atoms with Crippen molar-refractivity contribution in [2.45, 2.75) is 32.2 Å². The Kier molecular flexibility index (Phi) is 6.52. The van der Waals surface area contributed by atoms with E-state index >= 15 is 0 Å². The zero-order valence-corrected chi connectivity index (χ0v) is 15.6. The molecule has 0 radical (unpaired) electrons. The minimum Gasteiger partial charge on any atom is -0.497 e. The molecule has 0 fully saturated rings. The van der Waals surface area contributed by atoms with Gasteiger partial charge in [-0.05, 0) is 26.0 Å². The number of carbonyl (C=O) groups excluding carboxylic acids is 2. The molecule has 0 unspecified atom stereocenters. The quantitative estimate of drug-likeness (QED) is 0.464. The van der Waals surface area contributed by atoms with E-state index in [1.165, 1.54) is 18.7 Å². The first kappa shape index (κ1) is 18.9. The highest BCUT2D eigenvalue weighted by Crippen LogP contribution is 2.24. The van der Waals surface area contributed by atoms with Crippen LogP contribution in [0.25, 0.3) is 0 Å². The van der Waals surface area contributed by atoms with E-state index in [0.29, 0.717) is 40.0 Å². The fourth-order valence-corrected chi connectivity index (χ4v) is 3.25. The lowest BCUT2D eigenvalue weighted by atomic mass is 10.2. The van der Waals surface area contributed by atoms with Crippen molar-refractivity contribution < 1.29 is 14.3 Å². The Morgan fingerprint density at radius 3 is 2.68 bits per heavy atom. The van der Waals surface area contributed by atoms with Crippen molar-refractivity contribution in [3.63, 3.8) is 0 Å². The van der Waals surface area contributed by atoms with Crippen LogP contribution in [0.15, 0.2) is 29.3 Å². The summed E-state index contributed by atoms with van der Waals surface area (Å²) >= 11 is 1.24. The van der Waals surface area contributed by atoms with Crippen molar-refractivity contribution in [2.75, 3.05) is 18.2 Å². The second-order valence-electron chi connectivity index (χ2n) is 5.38. The summed E-state index contributed by atoms with van der Waals surface area (Å²) < 4.78 is 5.14. The third kappa shape index (κ3) is 5.03. The van der Waals surface area contributed by atoms with E-state index < -0.39 is 0 Å². The van der Waals surface area contributed by atoms with E-state index in [1.807, 2.05) is 6.92 Å². The molecule has 6 nitrogen and oxygen atoms in total. The molecule has 0 aliphatic carbocycles. The van der Waals surface area contributed by atoms with Crippen LogP contribution < -0.4 is 10.1 Å². The molecule has 1 aromatic carbocycles. The van der Waals surface area contributed by atoms with E-state index in [4.69, 9.17) is 4.74 Å². The number of methoxy groups -OCH3 is 1.